The van der Waals surface area contributed by atoms with Crippen LogP contribution in [0.4, 0.5) is 11.5 Å². The number of nitrogens with zero attached hydrogens (tertiary/aromatic N) is 3. The summed E-state index contributed by atoms with van der Waals surface area (Å²) >= 11 is 3.29. The van der Waals surface area contributed by atoms with E-state index in [4.69, 9.17) is 4.74 Å². The van der Waals surface area contributed by atoms with Crippen LogP contribution in [0.15, 0.2) is 16.7 Å². The average molecular weight is 360 g/mol. The highest BCUT2D eigenvalue weighted by atomic mass is 79.9. The molecule has 1 saturated heterocycles. The van der Waals surface area contributed by atoms with Gasteiger partial charge in [0.05, 0.1) is 35.6 Å². The van der Waals surface area contributed by atoms with Crippen LogP contribution in [0.1, 0.15) is 6.42 Å². The molecule has 0 radical (unpaired) electrons. The van der Waals surface area contributed by atoms with Crippen LogP contribution in [0.5, 0.6) is 0 Å². The third-order valence-corrected chi connectivity index (χ3v) is 3.66. The van der Waals surface area contributed by atoms with Crippen molar-refractivity contribution in [1.29, 1.82) is 0 Å². The molecule has 21 heavy (non-hydrogen) atoms. The molecule has 2 rings (SSSR count). The van der Waals surface area contributed by atoms with E-state index in [1.807, 2.05) is 4.90 Å². The Morgan fingerprint density at radius 2 is 2.48 bits per heavy atom. The van der Waals surface area contributed by atoms with E-state index in [9.17, 15) is 14.9 Å². The molecule has 1 unspecified atom stereocenters. The highest BCUT2D eigenvalue weighted by Crippen LogP contribution is 2.28. The fourth-order valence-electron chi connectivity index (χ4n) is 2.06. The second-order valence-electron chi connectivity index (χ2n) is 4.48. The number of nitro groups is 1. The lowest BCUT2D eigenvalue weighted by Crippen LogP contribution is -2.44. The first kappa shape index (κ1) is 15.6. The molecule has 0 amide bonds. The summed E-state index contributed by atoms with van der Waals surface area (Å²) in [5.74, 6) is 0.261. The predicted octanol–water partition coefficient (Wildman–Crippen LogP) is 1.52. The molecule has 0 N–H and O–H groups in total. The number of methoxy groups -OCH3 is 1. The van der Waals surface area contributed by atoms with Gasteiger partial charge >= 0.3 is 5.97 Å². The van der Waals surface area contributed by atoms with Gasteiger partial charge in [0.2, 0.25) is 0 Å². The third-order valence-electron chi connectivity index (χ3n) is 3.08. The molecule has 0 spiro atoms. The molecule has 1 aromatic heterocycles. The van der Waals surface area contributed by atoms with Crippen LogP contribution in [0.25, 0.3) is 0 Å². The van der Waals surface area contributed by atoms with Crippen molar-refractivity contribution in [1.82, 2.24) is 4.98 Å². The van der Waals surface area contributed by atoms with Crippen molar-refractivity contribution < 1.29 is 19.2 Å². The minimum absolute atomic E-state index is 0.0787. The zero-order valence-electron chi connectivity index (χ0n) is 11.3. The number of rotatable bonds is 4. The minimum Gasteiger partial charge on any atom is -0.469 e. The van der Waals surface area contributed by atoms with Gasteiger partial charge in [-0.3, -0.25) is 14.9 Å². The minimum atomic E-state index is -0.499. The molecule has 0 aromatic carbocycles. The molecule has 1 aliphatic rings. The molecular weight excluding hydrogens is 346 g/mol. The van der Waals surface area contributed by atoms with Gasteiger partial charge < -0.3 is 14.4 Å². The monoisotopic (exact) mass is 359 g/mol. The summed E-state index contributed by atoms with van der Waals surface area (Å²) in [7, 11) is 1.33. The Morgan fingerprint density at radius 1 is 1.71 bits per heavy atom. The van der Waals surface area contributed by atoms with Gasteiger partial charge in [-0.1, -0.05) is 0 Å². The van der Waals surface area contributed by atoms with Gasteiger partial charge in [0.25, 0.3) is 5.69 Å². The topological polar surface area (TPSA) is 94.8 Å². The zero-order chi connectivity index (χ0) is 15.4. The van der Waals surface area contributed by atoms with E-state index in [0.717, 1.165) is 0 Å². The molecule has 8 nitrogen and oxygen atoms in total. The number of halogens is 1. The number of esters is 1. The van der Waals surface area contributed by atoms with Crippen LogP contribution in [0.3, 0.4) is 0 Å². The number of aromatic nitrogens is 1. The fourth-order valence-corrected chi connectivity index (χ4v) is 2.65. The van der Waals surface area contributed by atoms with Crippen molar-refractivity contribution in [3.05, 3.63) is 26.9 Å². The number of anilines is 1. The molecule has 0 bridgehead atoms. The first-order valence-corrected chi connectivity index (χ1v) is 7.04. The van der Waals surface area contributed by atoms with Gasteiger partial charge in [-0.05, 0) is 15.9 Å². The summed E-state index contributed by atoms with van der Waals surface area (Å²) in [6.07, 6.45) is 1.10. The van der Waals surface area contributed by atoms with Gasteiger partial charge in [-0.2, -0.15) is 0 Å². The lowest BCUT2D eigenvalue weighted by molar-refractivity contribution is -0.385. The van der Waals surface area contributed by atoms with E-state index in [1.54, 1.807) is 0 Å². The molecule has 9 heteroatoms. The van der Waals surface area contributed by atoms with Crippen LogP contribution in [0.2, 0.25) is 0 Å². The zero-order valence-corrected chi connectivity index (χ0v) is 12.9. The first-order chi connectivity index (χ1) is 10.0. The second-order valence-corrected chi connectivity index (χ2v) is 5.33. The van der Waals surface area contributed by atoms with Crippen LogP contribution in [-0.2, 0) is 14.3 Å². The maximum atomic E-state index is 11.3. The van der Waals surface area contributed by atoms with Crippen molar-refractivity contribution in [2.24, 2.45) is 0 Å². The smallest absolute Gasteiger partial charge is 0.308 e. The summed E-state index contributed by atoms with van der Waals surface area (Å²) in [4.78, 5) is 27.5. The lowest BCUT2D eigenvalue weighted by atomic mass is 10.2. The molecule has 2 heterocycles. The number of carbonyl (C=O) groups excluding carboxylic acids is 1. The number of hydrogen-bond acceptors (Lipinski definition) is 7. The lowest BCUT2D eigenvalue weighted by Gasteiger charge is -2.33. The van der Waals surface area contributed by atoms with E-state index >= 15 is 0 Å². The number of hydrogen-bond donors (Lipinski definition) is 0. The van der Waals surface area contributed by atoms with E-state index < -0.39 is 4.92 Å². The Morgan fingerprint density at radius 3 is 3.10 bits per heavy atom. The van der Waals surface area contributed by atoms with Gasteiger partial charge in [-0.15, -0.1) is 0 Å². The largest absolute Gasteiger partial charge is 0.469 e. The molecular formula is C12H14BrN3O5. The summed E-state index contributed by atoms with van der Waals surface area (Å²) < 4.78 is 10.7. The molecule has 0 aliphatic carbocycles. The summed E-state index contributed by atoms with van der Waals surface area (Å²) in [6, 6.07) is 1.41. The summed E-state index contributed by atoms with van der Waals surface area (Å²) in [6.45, 7) is 1.52. The third kappa shape index (κ3) is 3.88. The predicted molar refractivity (Wildman–Crippen MR) is 77.2 cm³/mol. The van der Waals surface area contributed by atoms with Crippen LogP contribution in [0, 0.1) is 10.1 Å². The van der Waals surface area contributed by atoms with Gasteiger partial charge in [0, 0.05) is 19.2 Å². The Balaban J connectivity index is 2.10. The fraction of sp³-hybridized carbons (Fsp3) is 0.500. The number of carbonyl (C=O) groups is 1. The van der Waals surface area contributed by atoms with Crippen molar-refractivity contribution >= 4 is 33.4 Å². The highest BCUT2D eigenvalue weighted by Gasteiger charge is 2.26. The average Bonchev–Trinajstić information content (AvgIpc) is 2.47. The van der Waals surface area contributed by atoms with Crippen LogP contribution in [-0.4, -0.2) is 48.8 Å². The molecule has 1 aromatic rings. The van der Waals surface area contributed by atoms with E-state index in [2.05, 4.69) is 25.7 Å². The first-order valence-electron chi connectivity index (χ1n) is 6.24. The molecule has 114 valence electrons. The van der Waals surface area contributed by atoms with Gasteiger partial charge in [-0.25, -0.2) is 4.98 Å². The van der Waals surface area contributed by atoms with Crippen LogP contribution >= 0.6 is 15.9 Å². The van der Waals surface area contributed by atoms with E-state index in [-0.39, 0.29) is 24.2 Å². The highest BCUT2D eigenvalue weighted by molar-refractivity contribution is 9.10. The second kappa shape index (κ2) is 6.81. The van der Waals surface area contributed by atoms with Crippen molar-refractivity contribution in [2.75, 3.05) is 31.7 Å². The van der Waals surface area contributed by atoms with Gasteiger partial charge in [0.15, 0.2) is 0 Å². The van der Waals surface area contributed by atoms with Gasteiger partial charge in [0.1, 0.15) is 12.0 Å². The van der Waals surface area contributed by atoms with E-state index in [1.165, 1.54) is 19.4 Å². The SMILES string of the molecule is COC(=O)CC1CN(c2ncc([N+](=O)[O-])cc2Br)CCO1. The maximum absolute atomic E-state index is 11.3. The maximum Gasteiger partial charge on any atom is 0.308 e. The standard InChI is InChI=1S/C12H14BrN3O5/c1-20-11(17)5-9-7-15(2-3-21-9)12-10(13)4-8(6-14-12)16(18)19/h4,6,9H,2-3,5,7H2,1H3. The number of morpholine rings is 1. The normalized spacial score (nSPS) is 18.4. The van der Waals surface area contributed by atoms with Crippen molar-refractivity contribution in [3.8, 4) is 0 Å². The van der Waals surface area contributed by atoms with Crippen molar-refractivity contribution in [2.45, 2.75) is 12.5 Å². The Bertz CT molecular complexity index is 554. The molecule has 1 atom stereocenters. The Labute approximate surface area is 129 Å². The molecule has 1 fully saturated rings. The van der Waals surface area contributed by atoms with Crippen molar-refractivity contribution in [3.63, 3.8) is 0 Å². The quantitative estimate of drug-likeness (QED) is 0.456. The number of ether oxygens (including phenoxy) is 2. The Hall–Kier alpha value is -1.74. The summed E-state index contributed by atoms with van der Waals surface area (Å²) in [5.41, 5.74) is -0.0787. The molecule has 0 saturated carbocycles. The van der Waals surface area contributed by atoms with Crippen LogP contribution < -0.4 is 4.90 Å². The summed E-state index contributed by atoms with van der Waals surface area (Å²) in [5, 5.41) is 10.7. The van der Waals surface area contributed by atoms with E-state index in [0.29, 0.717) is 30.0 Å². The molecule has 1 aliphatic heterocycles. The number of pyridine rings is 1. The Kier molecular flexibility index (Phi) is 5.07.